The molecule has 0 aromatic heterocycles. The van der Waals surface area contributed by atoms with E-state index in [1.807, 2.05) is 0 Å². The van der Waals surface area contributed by atoms with E-state index in [-0.39, 0.29) is 12.5 Å². The summed E-state index contributed by atoms with van der Waals surface area (Å²) in [4.78, 5) is 12.5. The fourth-order valence-electron chi connectivity index (χ4n) is 9.28. The third-order valence-corrected chi connectivity index (χ3v) is 13.8. The van der Waals surface area contributed by atoms with E-state index in [0.29, 0.717) is 12.8 Å². The normalized spacial score (nSPS) is 13.4. The molecule has 0 spiro atoms. The number of nitrogens with one attached hydrogen (secondary N) is 1. The van der Waals surface area contributed by atoms with Gasteiger partial charge in [0.25, 0.3) is 0 Å². The first-order valence-corrected chi connectivity index (χ1v) is 29.1. The molecule has 64 heavy (non-hydrogen) atoms. The van der Waals surface area contributed by atoms with Crippen LogP contribution >= 0.6 is 0 Å². The quantitative estimate of drug-likeness (QED) is 0.0362. The smallest absolute Gasteiger partial charge is 0.220 e. The predicted octanol–water partition coefficient (Wildman–Crippen LogP) is 18.1. The highest BCUT2D eigenvalue weighted by Gasteiger charge is 2.26. The molecule has 3 atom stereocenters. The molecule has 3 unspecified atom stereocenters. The highest BCUT2D eigenvalue weighted by molar-refractivity contribution is 5.76. The second-order valence-corrected chi connectivity index (χ2v) is 20.2. The Kier molecular flexibility index (Phi) is 53.4. The van der Waals surface area contributed by atoms with Gasteiger partial charge >= 0.3 is 0 Å². The zero-order chi connectivity index (χ0) is 46.5. The summed E-state index contributed by atoms with van der Waals surface area (Å²) in [6.45, 7) is 4.21. The summed E-state index contributed by atoms with van der Waals surface area (Å²) < 4.78 is 0. The number of aliphatic hydroxyl groups is 3. The summed E-state index contributed by atoms with van der Waals surface area (Å²) >= 11 is 0. The van der Waals surface area contributed by atoms with Crippen LogP contribution in [0.3, 0.4) is 0 Å². The number of carbonyl (C=O) groups excluding carboxylic acids is 1. The standard InChI is InChI=1S/C59H115NO4/c1-3-5-7-9-11-13-15-17-19-21-23-25-26-27-28-29-30-31-32-34-36-38-40-42-44-46-48-50-52-54-58(63)60-56(55-61)59(64)57(62)53-51-49-47-45-43-41-39-37-35-33-24-22-20-18-16-14-12-10-8-6-4-2/h27-28,45,47,56-57,59,61-62,64H,3-26,29-44,46,48-55H2,1-2H3,(H,60,63)/b28-27-,47-45+. The number of unbranched alkanes of at least 4 members (excludes halogenated alkanes) is 42. The highest BCUT2D eigenvalue weighted by Crippen LogP contribution is 2.17. The van der Waals surface area contributed by atoms with Gasteiger partial charge in [0.1, 0.15) is 6.10 Å². The van der Waals surface area contributed by atoms with Gasteiger partial charge in [0, 0.05) is 6.42 Å². The van der Waals surface area contributed by atoms with Gasteiger partial charge in [-0.2, -0.15) is 0 Å². The van der Waals surface area contributed by atoms with Crippen LogP contribution in [0.25, 0.3) is 0 Å². The Balaban J connectivity index is 3.54. The lowest BCUT2D eigenvalue weighted by molar-refractivity contribution is -0.124. The van der Waals surface area contributed by atoms with Crippen LogP contribution < -0.4 is 5.32 Å². The molecule has 0 aliphatic heterocycles. The summed E-state index contributed by atoms with van der Waals surface area (Å²) in [6, 6.07) is -0.825. The topological polar surface area (TPSA) is 89.8 Å². The van der Waals surface area contributed by atoms with Crippen LogP contribution in [0.2, 0.25) is 0 Å². The van der Waals surface area contributed by atoms with Crippen molar-refractivity contribution in [3.63, 3.8) is 0 Å². The second kappa shape index (κ2) is 54.4. The number of aliphatic hydroxyl groups excluding tert-OH is 3. The molecule has 0 bridgehead atoms. The van der Waals surface area contributed by atoms with Gasteiger partial charge in [-0.05, 0) is 64.2 Å². The lowest BCUT2D eigenvalue weighted by Gasteiger charge is -2.26. The molecular weight excluding hydrogens is 787 g/mol. The minimum absolute atomic E-state index is 0.149. The van der Waals surface area contributed by atoms with Gasteiger partial charge in [-0.15, -0.1) is 0 Å². The Bertz CT molecular complexity index is 951. The molecule has 1 amide bonds. The SMILES string of the molecule is CCCCCCCCCCCCCC/C=C\CCCCCCCCCCCCCCCC(=O)NC(CO)C(O)C(O)CCC/C=C/CCCCCCCCCCCCCCCCCC. The van der Waals surface area contributed by atoms with Crippen molar-refractivity contribution >= 4 is 5.91 Å². The third-order valence-electron chi connectivity index (χ3n) is 13.8. The van der Waals surface area contributed by atoms with Crippen molar-refractivity contribution in [2.45, 2.75) is 340 Å². The number of amides is 1. The van der Waals surface area contributed by atoms with Crippen LogP contribution in [-0.2, 0) is 4.79 Å². The molecule has 0 saturated heterocycles. The van der Waals surface area contributed by atoms with Gasteiger partial charge in [-0.3, -0.25) is 4.79 Å². The third kappa shape index (κ3) is 48.8. The summed E-state index contributed by atoms with van der Waals surface area (Å²) in [5.74, 6) is -0.149. The van der Waals surface area contributed by atoms with Crippen molar-refractivity contribution in [1.29, 1.82) is 0 Å². The van der Waals surface area contributed by atoms with Crippen molar-refractivity contribution in [2.75, 3.05) is 6.61 Å². The van der Waals surface area contributed by atoms with Crippen LogP contribution in [0.15, 0.2) is 24.3 Å². The van der Waals surface area contributed by atoms with Crippen LogP contribution in [-0.4, -0.2) is 46.1 Å². The largest absolute Gasteiger partial charge is 0.394 e. The van der Waals surface area contributed by atoms with Gasteiger partial charge in [0.05, 0.1) is 18.8 Å². The Labute approximate surface area is 401 Å². The molecule has 0 aliphatic carbocycles. The molecule has 5 heteroatoms. The van der Waals surface area contributed by atoms with E-state index in [4.69, 9.17) is 0 Å². The zero-order valence-electron chi connectivity index (χ0n) is 43.4. The fraction of sp³-hybridized carbons (Fsp3) is 0.915. The van der Waals surface area contributed by atoms with E-state index in [9.17, 15) is 20.1 Å². The molecular formula is C59H115NO4. The lowest BCUT2D eigenvalue weighted by Crippen LogP contribution is -2.50. The molecule has 5 nitrogen and oxygen atoms in total. The van der Waals surface area contributed by atoms with E-state index in [0.717, 1.165) is 38.5 Å². The van der Waals surface area contributed by atoms with Gasteiger partial charge in [-0.25, -0.2) is 0 Å². The van der Waals surface area contributed by atoms with Gasteiger partial charge in [0.2, 0.25) is 5.91 Å². The van der Waals surface area contributed by atoms with Crippen molar-refractivity contribution in [3.8, 4) is 0 Å². The van der Waals surface area contributed by atoms with Crippen molar-refractivity contribution in [2.24, 2.45) is 0 Å². The van der Waals surface area contributed by atoms with Crippen LogP contribution in [0, 0.1) is 0 Å². The number of hydrogen-bond acceptors (Lipinski definition) is 4. The fourth-order valence-corrected chi connectivity index (χ4v) is 9.28. The van der Waals surface area contributed by atoms with Gasteiger partial charge < -0.3 is 20.6 Å². The maximum absolute atomic E-state index is 12.5. The van der Waals surface area contributed by atoms with E-state index in [2.05, 4.69) is 43.5 Å². The minimum Gasteiger partial charge on any atom is -0.394 e. The maximum atomic E-state index is 12.5. The van der Waals surface area contributed by atoms with Crippen molar-refractivity contribution < 1.29 is 20.1 Å². The second-order valence-electron chi connectivity index (χ2n) is 20.2. The van der Waals surface area contributed by atoms with Crippen LogP contribution in [0.5, 0.6) is 0 Å². The lowest BCUT2D eigenvalue weighted by atomic mass is 10.0. The zero-order valence-corrected chi connectivity index (χ0v) is 43.4. The molecule has 0 radical (unpaired) electrons. The van der Waals surface area contributed by atoms with E-state index in [1.54, 1.807) is 0 Å². The first kappa shape index (κ1) is 62.8. The van der Waals surface area contributed by atoms with Crippen LogP contribution in [0.1, 0.15) is 322 Å². The average Bonchev–Trinajstić information content (AvgIpc) is 3.30. The van der Waals surface area contributed by atoms with E-state index >= 15 is 0 Å². The Morgan fingerprint density at radius 2 is 0.625 bits per heavy atom. The molecule has 0 saturated carbocycles. The monoisotopic (exact) mass is 902 g/mol. The number of allylic oxidation sites excluding steroid dienone is 4. The average molecular weight is 903 g/mol. The Morgan fingerprint density at radius 3 is 0.906 bits per heavy atom. The number of rotatable bonds is 54. The van der Waals surface area contributed by atoms with Crippen LogP contribution in [0.4, 0.5) is 0 Å². The van der Waals surface area contributed by atoms with Crippen molar-refractivity contribution in [1.82, 2.24) is 5.32 Å². The Hall–Kier alpha value is -1.17. The molecule has 0 heterocycles. The van der Waals surface area contributed by atoms with E-state index in [1.165, 1.54) is 257 Å². The maximum Gasteiger partial charge on any atom is 0.220 e. The molecule has 4 N–H and O–H groups in total. The summed E-state index contributed by atoms with van der Waals surface area (Å²) in [5, 5.41) is 33.8. The minimum atomic E-state index is -1.16. The van der Waals surface area contributed by atoms with Gasteiger partial charge in [-0.1, -0.05) is 276 Å². The predicted molar refractivity (Wildman–Crippen MR) is 282 cm³/mol. The Morgan fingerprint density at radius 1 is 0.375 bits per heavy atom. The molecule has 380 valence electrons. The number of carbonyl (C=O) groups is 1. The first-order valence-electron chi connectivity index (χ1n) is 29.1. The van der Waals surface area contributed by atoms with E-state index < -0.39 is 18.2 Å². The summed E-state index contributed by atoms with van der Waals surface area (Å²) in [5.41, 5.74) is 0. The van der Waals surface area contributed by atoms with Gasteiger partial charge in [0.15, 0.2) is 0 Å². The van der Waals surface area contributed by atoms with Crippen molar-refractivity contribution in [3.05, 3.63) is 24.3 Å². The molecule has 0 aromatic rings. The number of hydrogen-bond donors (Lipinski definition) is 4. The molecule has 0 aromatic carbocycles. The summed E-state index contributed by atoms with van der Waals surface area (Å²) in [7, 11) is 0. The summed E-state index contributed by atoms with van der Waals surface area (Å²) in [6.07, 6.45) is 69.2. The highest BCUT2D eigenvalue weighted by atomic mass is 16.3. The first-order chi connectivity index (χ1) is 31.6. The molecule has 0 aliphatic rings. The molecule has 0 rings (SSSR count). The molecule has 0 fully saturated rings.